The summed E-state index contributed by atoms with van der Waals surface area (Å²) in [5.74, 6) is -0.0846. The summed E-state index contributed by atoms with van der Waals surface area (Å²) in [4.78, 5) is 26.1. The lowest BCUT2D eigenvalue weighted by atomic mass is 10.1. The Morgan fingerprint density at radius 3 is 2.60 bits per heavy atom. The van der Waals surface area contributed by atoms with E-state index >= 15 is 0 Å². The van der Waals surface area contributed by atoms with E-state index in [1.54, 1.807) is 7.11 Å². The minimum atomic E-state index is -0.358. The number of nitrogens with one attached hydrogen (secondary N) is 1. The second-order valence-corrected chi connectivity index (χ2v) is 5.81. The van der Waals surface area contributed by atoms with Crippen LogP contribution in [0.3, 0.4) is 0 Å². The van der Waals surface area contributed by atoms with Gasteiger partial charge >= 0.3 is 0 Å². The van der Waals surface area contributed by atoms with E-state index in [1.807, 2.05) is 13.8 Å². The Balaban J connectivity index is 2.01. The average molecular weight is 282 g/mol. The van der Waals surface area contributed by atoms with E-state index in [4.69, 9.17) is 4.74 Å². The molecule has 1 saturated heterocycles. The number of methoxy groups -OCH3 is 1. The molecule has 0 aromatic rings. The van der Waals surface area contributed by atoms with E-state index < -0.39 is 0 Å². The number of carbonyl (C=O) groups is 2. The molecule has 0 aromatic carbocycles. The van der Waals surface area contributed by atoms with Crippen molar-refractivity contribution in [1.29, 1.82) is 0 Å². The van der Waals surface area contributed by atoms with Gasteiger partial charge in [0, 0.05) is 19.2 Å². The number of imide groups is 1. The molecular weight excluding hydrogens is 256 g/mol. The van der Waals surface area contributed by atoms with Crippen molar-refractivity contribution >= 4 is 11.8 Å². The van der Waals surface area contributed by atoms with Crippen LogP contribution in [-0.2, 0) is 14.3 Å². The zero-order valence-corrected chi connectivity index (χ0v) is 12.7. The molecule has 1 saturated carbocycles. The van der Waals surface area contributed by atoms with Gasteiger partial charge in [0.2, 0.25) is 11.8 Å². The third-order valence-electron chi connectivity index (χ3n) is 4.66. The summed E-state index contributed by atoms with van der Waals surface area (Å²) < 4.78 is 5.44. The third kappa shape index (κ3) is 2.88. The molecule has 2 fully saturated rings. The first kappa shape index (κ1) is 15.4. The third-order valence-corrected chi connectivity index (χ3v) is 4.66. The normalized spacial score (nSPS) is 30.8. The summed E-state index contributed by atoms with van der Waals surface area (Å²) in [5.41, 5.74) is 0. The molecular formula is C15H26N2O3. The zero-order chi connectivity index (χ0) is 14.7. The maximum absolute atomic E-state index is 12.5. The van der Waals surface area contributed by atoms with Gasteiger partial charge in [-0.25, -0.2) is 0 Å². The number of hydrogen-bond donors (Lipinski definition) is 1. The van der Waals surface area contributed by atoms with E-state index in [-0.39, 0.29) is 36.0 Å². The van der Waals surface area contributed by atoms with Crippen LogP contribution in [0.2, 0.25) is 0 Å². The first-order valence-corrected chi connectivity index (χ1v) is 7.77. The lowest BCUT2D eigenvalue weighted by Crippen LogP contribution is -2.48. The van der Waals surface area contributed by atoms with Crippen molar-refractivity contribution in [3.63, 3.8) is 0 Å². The summed E-state index contributed by atoms with van der Waals surface area (Å²) in [7, 11) is 1.71. The summed E-state index contributed by atoms with van der Waals surface area (Å²) in [5, 5.41) is 3.35. The van der Waals surface area contributed by atoms with Crippen molar-refractivity contribution in [1.82, 2.24) is 10.2 Å². The molecule has 0 spiro atoms. The Labute approximate surface area is 121 Å². The van der Waals surface area contributed by atoms with E-state index in [1.165, 1.54) is 4.90 Å². The van der Waals surface area contributed by atoms with Gasteiger partial charge < -0.3 is 10.1 Å². The summed E-state index contributed by atoms with van der Waals surface area (Å²) in [6.07, 6.45) is 5.26. The van der Waals surface area contributed by atoms with Gasteiger partial charge in [-0.15, -0.1) is 0 Å². The molecule has 1 heterocycles. The molecule has 2 amide bonds. The topological polar surface area (TPSA) is 58.6 Å². The van der Waals surface area contributed by atoms with Crippen molar-refractivity contribution < 1.29 is 14.3 Å². The minimum absolute atomic E-state index is 0.0341. The monoisotopic (exact) mass is 282 g/mol. The van der Waals surface area contributed by atoms with E-state index in [0.29, 0.717) is 6.42 Å². The van der Waals surface area contributed by atoms with Crippen molar-refractivity contribution in [2.45, 2.75) is 76.6 Å². The fourth-order valence-electron chi connectivity index (χ4n) is 3.48. The second-order valence-electron chi connectivity index (χ2n) is 5.81. The molecule has 5 nitrogen and oxygen atoms in total. The first-order valence-electron chi connectivity index (χ1n) is 7.77. The molecule has 2 rings (SSSR count). The SMILES string of the molecule is CCC(CC)N1C(=O)CC(NC2CCCC2OC)C1=O. The zero-order valence-electron chi connectivity index (χ0n) is 12.7. The number of hydrogen-bond acceptors (Lipinski definition) is 4. The van der Waals surface area contributed by atoms with Gasteiger partial charge in [0.05, 0.1) is 18.6 Å². The number of likely N-dealkylation sites (tertiary alicyclic amines) is 1. The minimum Gasteiger partial charge on any atom is -0.380 e. The Hall–Kier alpha value is -0.940. The number of carbonyl (C=O) groups excluding carboxylic acids is 2. The molecule has 3 unspecified atom stereocenters. The van der Waals surface area contributed by atoms with E-state index in [9.17, 15) is 9.59 Å². The van der Waals surface area contributed by atoms with Gasteiger partial charge in [-0.2, -0.15) is 0 Å². The van der Waals surface area contributed by atoms with Crippen LogP contribution in [0.5, 0.6) is 0 Å². The van der Waals surface area contributed by atoms with Crippen LogP contribution in [-0.4, -0.2) is 48.1 Å². The molecule has 0 aromatic heterocycles. The highest BCUT2D eigenvalue weighted by molar-refractivity contribution is 6.05. The number of ether oxygens (including phenoxy) is 1. The van der Waals surface area contributed by atoms with Crippen LogP contribution in [0.15, 0.2) is 0 Å². The van der Waals surface area contributed by atoms with Crippen LogP contribution in [0, 0.1) is 0 Å². The molecule has 3 atom stereocenters. The maximum Gasteiger partial charge on any atom is 0.247 e. The lowest BCUT2D eigenvalue weighted by Gasteiger charge is -2.26. The smallest absolute Gasteiger partial charge is 0.247 e. The molecule has 5 heteroatoms. The largest absolute Gasteiger partial charge is 0.380 e. The average Bonchev–Trinajstić information content (AvgIpc) is 2.99. The Morgan fingerprint density at radius 1 is 1.30 bits per heavy atom. The quantitative estimate of drug-likeness (QED) is 0.749. The molecule has 0 bridgehead atoms. The van der Waals surface area contributed by atoms with Crippen molar-refractivity contribution in [2.75, 3.05) is 7.11 Å². The van der Waals surface area contributed by atoms with Gasteiger partial charge in [0.15, 0.2) is 0 Å². The second kappa shape index (κ2) is 6.68. The predicted molar refractivity (Wildman–Crippen MR) is 76.2 cm³/mol. The summed E-state index contributed by atoms with van der Waals surface area (Å²) in [6.45, 7) is 4.04. The van der Waals surface area contributed by atoms with Gasteiger partial charge in [0.1, 0.15) is 0 Å². The Morgan fingerprint density at radius 2 is 2.00 bits per heavy atom. The summed E-state index contributed by atoms with van der Waals surface area (Å²) >= 11 is 0. The highest BCUT2D eigenvalue weighted by atomic mass is 16.5. The highest BCUT2D eigenvalue weighted by Gasteiger charge is 2.43. The molecule has 2 aliphatic rings. The lowest BCUT2D eigenvalue weighted by molar-refractivity contribution is -0.141. The van der Waals surface area contributed by atoms with Crippen LogP contribution in [0.4, 0.5) is 0 Å². The van der Waals surface area contributed by atoms with Crippen LogP contribution < -0.4 is 5.32 Å². The van der Waals surface area contributed by atoms with E-state index in [2.05, 4.69) is 5.32 Å². The molecule has 0 radical (unpaired) electrons. The predicted octanol–water partition coefficient (Wildman–Crippen LogP) is 1.46. The molecule has 114 valence electrons. The number of amides is 2. The molecule has 1 N–H and O–H groups in total. The first-order chi connectivity index (χ1) is 9.62. The Bertz CT molecular complexity index is 368. The van der Waals surface area contributed by atoms with Crippen molar-refractivity contribution in [3.8, 4) is 0 Å². The van der Waals surface area contributed by atoms with E-state index in [0.717, 1.165) is 32.1 Å². The van der Waals surface area contributed by atoms with Crippen LogP contribution in [0.1, 0.15) is 52.4 Å². The van der Waals surface area contributed by atoms with Crippen LogP contribution in [0.25, 0.3) is 0 Å². The Kier molecular flexibility index (Phi) is 5.16. The number of nitrogens with zero attached hydrogens (tertiary/aromatic N) is 1. The molecule has 20 heavy (non-hydrogen) atoms. The van der Waals surface area contributed by atoms with Gasteiger partial charge in [-0.1, -0.05) is 13.8 Å². The van der Waals surface area contributed by atoms with Crippen molar-refractivity contribution in [3.05, 3.63) is 0 Å². The highest BCUT2D eigenvalue weighted by Crippen LogP contribution is 2.25. The standard InChI is InChI=1S/C15H26N2O3/c1-4-10(5-2)17-14(18)9-12(15(17)19)16-11-7-6-8-13(11)20-3/h10-13,16H,4-9H2,1-3H3. The van der Waals surface area contributed by atoms with Gasteiger partial charge in [0.25, 0.3) is 0 Å². The van der Waals surface area contributed by atoms with Gasteiger partial charge in [-0.05, 0) is 32.1 Å². The maximum atomic E-state index is 12.5. The fraction of sp³-hybridized carbons (Fsp3) is 0.867. The van der Waals surface area contributed by atoms with Gasteiger partial charge in [-0.3, -0.25) is 14.5 Å². The van der Waals surface area contributed by atoms with Crippen LogP contribution >= 0.6 is 0 Å². The fourth-order valence-corrected chi connectivity index (χ4v) is 3.48. The molecule has 1 aliphatic carbocycles. The summed E-state index contributed by atoms with van der Waals surface area (Å²) in [6, 6.07) is -0.115. The van der Waals surface area contributed by atoms with Crippen molar-refractivity contribution in [2.24, 2.45) is 0 Å². The molecule has 1 aliphatic heterocycles. The number of rotatable bonds is 6.